The maximum atomic E-state index is 5.29. The van der Waals surface area contributed by atoms with Crippen LogP contribution in [0.25, 0.3) is 0 Å². The van der Waals surface area contributed by atoms with Crippen LogP contribution in [0.1, 0.15) is 25.0 Å². The summed E-state index contributed by atoms with van der Waals surface area (Å²) in [5.41, 5.74) is 0. The van der Waals surface area contributed by atoms with E-state index in [4.69, 9.17) is 4.42 Å². The van der Waals surface area contributed by atoms with Crippen molar-refractivity contribution in [2.24, 2.45) is 0 Å². The first-order chi connectivity index (χ1) is 9.42. The van der Waals surface area contributed by atoms with Crippen molar-refractivity contribution in [2.75, 3.05) is 23.3 Å². The lowest BCUT2D eigenvalue weighted by molar-refractivity contribution is 0.517. The molecule has 3 rings (SSSR count). The zero-order valence-corrected chi connectivity index (χ0v) is 10.9. The molecule has 2 aromatic rings. The van der Waals surface area contributed by atoms with Crippen molar-refractivity contribution in [1.29, 1.82) is 0 Å². The number of anilines is 2. The van der Waals surface area contributed by atoms with Crippen molar-refractivity contribution in [1.82, 2.24) is 9.97 Å². The summed E-state index contributed by atoms with van der Waals surface area (Å²) in [6.07, 6.45) is 7.12. The van der Waals surface area contributed by atoms with Crippen LogP contribution in [0.15, 0.2) is 35.2 Å². The fourth-order valence-electron chi connectivity index (χ4n) is 2.33. The Morgan fingerprint density at radius 3 is 2.89 bits per heavy atom. The highest BCUT2D eigenvalue weighted by atomic mass is 16.3. The normalized spacial score (nSPS) is 15.5. The second-order valence-electron chi connectivity index (χ2n) is 4.74. The molecule has 19 heavy (non-hydrogen) atoms. The molecule has 1 N–H and O–H groups in total. The van der Waals surface area contributed by atoms with Crippen LogP contribution >= 0.6 is 0 Å². The number of nitrogens with zero attached hydrogens (tertiary/aromatic N) is 3. The van der Waals surface area contributed by atoms with Gasteiger partial charge in [-0.2, -0.15) is 0 Å². The van der Waals surface area contributed by atoms with Crippen molar-refractivity contribution < 1.29 is 4.42 Å². The number of hydrogen-bond donors (Lipinski definition) is 1. The predicted octanol–water partition coefficient (Wildman–Crippen LogP) is 2.67. The molecule has 0 saturated carbocycles. The Morgan fingerprint density at radius 1 is 1.21 bits per heavy atom. The van der Waals surface area contributed by atoms with Gasteiger partial charge in [-0.15, -0.1) is 0 Å². The van der Waals surface area contributed by atoms with Crippen LogP contribution in [-0.4, -0.2) is 23.1 Å². The van der Waals surface area contributed by atoms with Crippen LogP contribution in [0.3, 0.4) is 0 Å². The third-order valence-electron chi connectivity index (χ3n) is 3.36. The van der Waals surface area contributed by atoms with E-state index in [0.29, 0.717) is 6.54 Å². The summed E-state index contributed by atoms with van der Waals surface area (Å²) in [6, 6.07) is 5.84. The summed E-state index contributed by atoms with van der Waals surface area (Å²) in [5, 5.41) is 3.26. The fourth-order valence-corrected chi connectivity index (χ4v) is 2.33. The SMILES string of the molecule is c1coc(CNc2cc(N3CCCCC3)ncn2)c1. The van der Waals surface area contributed by atoms with Gasteiger partial charge < -0.3 is 14.6 Å². The smallest absolute Gasteiger partial charge is 0.134 e. The molecule has 0 spiro atoms. The monoisotopic (exact) mass is 258 g/mol. The molecule has 5 nitrogen and oxygen atoms in total. The zero-order valence-electron chi connectivity index (χ0n) is 10.9. The van der Waals surface area contributed by atoms with Crippen molar-refractivity contribution in [3.05, 3.63) is 36.5 Å². The average molecular weight is 258 g/mol. The first-order valence-electron chi connectivity index (χ1n) is 6.75. The Balaban J connectivity index is 1.65. The maximum absolute atomic E-state index is 5.29. The van der Waals surface area contributed by atoms with Crippen LogP contribution < -0.4 is 10.2 Å². The first kappa shape index (κ1) is 12.0. The minimum atomic E-state index is 0.642. The minimum Gasteiger partial charge on any atom is -0.467 e. The average Bonchev–Trinajstić information content (AvgIpc) is 3.00. The van der Waals surface area contributed by atoms with Gasteiger partial charge in [0.2, 0.25) is 0 Å². The minimum absolute atomic E-state index is 0.642. The van der Waals surface area contributed by atoms with Crippen LogP contribution in [-0.2, 0) is 6.54 Å². The Bertz CT molecular complexity index is 506. The van der Waals surface area contributed by atoms with E-state index in [1.807, 2.05) is 18.2 Å². The van der Waals surface area contributed by atoms with Gasteiger partial charge in [-0.25, -0.2) is 9.97 Å². The van der Waals surface area contributed by atoms with Crippen molar-refractivity contribution in [3.63, 3.8) is 0 Å². The molecule has 100 valence electrons. The summed E-state index contributed by atoms with van der Waals surface area (Å²) >= 11 is 0. The highest BCUT2D eigenvalue weighted by Crippen LogP contribution is 2.19. The molecule has 0 aromatic carbocycles. The van der Waals surface area contributed by atoms with Crippen molar-refractivity contribution >= 4 is 11.6 Å². The lowest BCUT2D eigenvalue weighted by Gasteiger charge is -2.27. The van der Waals surface area contributed by atoms with Crippen LogP contribution in [0, 0.1) is 0 Å². The topological polar surface area (TPSA) is 54.2 Å². The van der Waals surface area contributed by atoms with Gasteiger partial charge in [0.1, 0.15) is 23.7 Å². The standard InChI is InChI=1S/C14H18N4O/c1-2-6-18(7-3-1)14-9-13(16-11-17-14)15-10-12-5-4-8-19-12/h4-5,8-9,11H,1-3,6-7,10H2,(H,15,16,17). The molecule has 1 saturated heterocycles. The molecule has 0 bridgehead atoms. The molecule has 0 atom stereocenters. The van der Waals surface area contributed by atoms with E-state index in [1.165, 1.54) is 19.3 Å². The van der Waals surface area contributed by atoms with Gasteiger partial charge in [-0.05, 0) is 31.4 Å². The summed E-state index contributed by atoms with van der Waals surface area (Å²) in [5.74, 6) is 2.75. The van der Waals surface area contributed by atoms with E-state index in [9.17, 15) is 0 Å². The summed E-state index contributed by atoms with van der Waals surface area (Å²) in [7, 11) is 0. The molecule has 1 fully saturated rings. The van der Waals surface area contributed by atoms with E-state index in [-0.39, 0.29) is 0 Å². The number of furan rings is 1. The molecule has 0 amide bonds. The van der Waals surface area contributed by atoms with Crippen molar-refractivity contribution in [3.8, 4) is 0 Å². The molecular formula is C14H18N4O. The van der Waals surface area contributed by atoms with Gasteiger partial charge in [0, 0.05) is 19.2 Å². The van der Waals surface area contributed by atoms with E-state index in [0.717, 1.165) is 30.5 Å². The van der Waals surface area contributed by atoms with E-state index < -0.39 is 0 Å². The molecule has 3 heterocycles. The third kappa shape index (κ3) is 3.05. The number of hydrogen-bond acceptors (Lipinski definition) is 5. The Labute approximate surface area is 112 Å². The van der Waals surface area contributed by atoms with Gasteiger partial charge in [-0.3, -0.25) is 0 Å². The molecule has 2 aromatic heterocycles. The van der Waals surface area contributed by atoms with Crippen LogP contribution in [0.4, 0.5) is 11.6 Å². The second kappa shape index (κ2) is 5.73. The molecule has 0 aliphatic carbocycles. The number of piperidine rings is 1. The third-order valence-corrected chi connectivity index (χ3v) is 3.36. The van der Waals surface area contributed by atoms with Crippen LogP contribution in [0.5, 0.6) is 0 Å². The maximum Gasteiger partial charge on any atom is 0.134 e. The zero-order chi connectivity index (χ0) is 12.9. The second-order valence-corrected chi connectivity index (χ2v) is 4.74. The van der Waals surface area contributed by atoms with E-state index >= 15 is 0 Å². The number of aromatic nitrogens is 2. The first-order valence-corrected chi connectivity index (χ1v) is 6.75. The van der Waals surface area contributed by atoms with Gasteiger partial charge in [0.05, 0.1) is 12.8 Å². The number of rotatable bonds is 4. The molecular weight excluding hydrogens is 240 g/mol. The molecule has 0 radical (unpaired) electrons. The number of nitrogens with one attached hydrogen (secondary N) is 1. The summed E-state index contributed by atoms with van der Waals surface area (Å²) in [6.45, 7) is 2.83. The highest BCUT2D eigenvalue weighted by Gasteiger charge is 2.12. The van der Waals surface area contributed by atoms with Gasteiger partial charge >= 0.3 is 0 Å². The fraction of sp³-hybridized carbons (Fsp3) is 0.429. The molecule has 5 heteroatoms. The summed E-state index contributed by atoms with van der Waals surface area (Å²) < 4.78 is 5.29. The van der Waals surface area contributed by atoms with Gasteiger partial charge in [0.15, 0.2) is 0 Å². The largest absolute Gasteiger partial charge is 0.467 e. The van der Waals surface area contributed by atoms with Crippen molar-refractivity contribution in [2.45, 2.75) is 25.8 Å². The summed E-state index contributed by atoms with van der Waals surface area (Å²) in [4.78, 5) is 10.9. The van der Waals surface area contributed by atoms with Gasteiger partial charge in [0.25, 0.3) is 0 Å². The highest BCUT2D eigenvalue weighted by molar-refractivity contribution is 5.48. The lowest BCUT2D eigenvalue weighted by Crippen LogP contribution is -2.30. The van der Waals surface area contributed by atoms with Gasteiger partial charge in [-0.1, -0.05) is 0 Å². The van der Waals surface area contributed by atoms with E-state index in [2.05, 4.69) is 20.2 Å². The van der Waals surface area contributed by atoms with E-state index in [1.54, 1.807) is 12.6 Å². The van der Waals surface area contributed by atoms with Crippen LogP contribution in [0.2, 0.25) is 0 Å². The Hall–Kier alpha value is -2.04. The Morgan fingerprint density at radius 2 is 2.11 bits per heavy atom. The predicted molar refractivity (Wildman–Crippen MR) is 74.1 cm³/mol. The molecule has 0 unspecified atom stereocenters. The quantitative estimate of drug-likeness (QED) is 0.913. The molecule has 1 aliphatic heterocycles. The Kier molecular flexibility index (Phi) is 3.63. The lowest BCUT2D eigenvalue weighted by atomic mass is 10.1. The molecule has 1 aliphatic rings.